The number of ether oxygens (including phenoxy) is 1. The van der Waals surface area contributed by atoms with E-state index in [0.717, 1.165) is 12.1 Å². The van der Waals surface area contributed by atoms with Gasteiger partial charge >= 0.3 is 0 Å². The van der Waals surface area contributed by atoms with Crippen LogP contribution in [0.3, 0.4) is 0 Å². The second-order valence-corrected chi connectivity index (χ2v) is 3.38. The highest BCUT2D eigenvalue weighted by molar-refractivity contribution is 6.29. The summed E-state index contributed by atoms with van der Waals surface area (Å²) in [5, 5.41) is 0.264. The summed E-state index contributed by atoms with van der Waals surface area (Å²) >= 11 is 5.64. The Morgan fingerprint density at radius 3 is 2.44 bits per heavy atom. The minimum Gasteiger partial charge on any atom is -0.457 e. The molecule has 2 nitrogen and oxygen atoms in total. The van der Waals surface area contributed by atoms with Gasteiger partial charge in [-0.25, -0.2) is 13.8 Å². The quantitative estimate of drug-likeness (QED) is 0.746. The minimum absolute atomic E-state index is 0.196. The van der Waals surface area contributed by atoms with E-state index in [-0.39, 0.29) is 10.9 Å². The average molecular weight is 242 g/mol. The first kappa shape index (κ1) is 10.8. The monoisotopic (exact) mass is 241 g/mol. The van der Waals surface area contributed by atoms with Crippen LogP contribution in [-0.2, 0) is 0 Å². The maximum absolute atomic E-state index is 12.9. The van der Waals surface area contributed by atoms with Crippen LogP contribution in [0.5, 0.6) is 11.5 Å². The van der Waals surface area contributed by atoms with Gasteiger partial charge in [-0.15, -0.1) is 0 Å². The van der Waals surface area contributed by atoms with Gasteiger partial charge in [0.05, 0.1) is 0 Å². The van der Waals surface area contributed by atoms with Crippen molar-refractivity contribution < 1.29 is 13.5 Å². The summed E-state index contributed by atoms with van der Waals surface area (Å²) in [6.07, 6.45) is 1.46. The third-order valence-corrected chi connectivity index (χ3v) is 2.03. The topological polar surface area (TPSA) is 22.1 Å². The zero-order valence-electron chi connectivity index (χ0n) is 7.95. The van der Waals surface area contributed by atoms with E-state index >= 15 is 0 Å². The van der Waals surface area contributed by atoms with Crippen molar-refractivity contribution in [2.24, 2.45) is 0 Å². The SMILES string of the molecule is Fc1ccc(Oc2ccnc(Cl)c2)cc1F. The second kappa shape index (κ2) is 4.45. The van der Waals surface area contributed by atoms with Gasteiger partial charge in [-0.3, -0.25) is 0 Å². The van der Waals surface area contributed by atoms with E-state index in [1.807, 2.05) is 0 Å². The lowest BCUT2D eigenvalue weighted by Gasteiger charge is -2.05. The molecule has 5 heteroatoms. The van der Waals surface area contributed by atoms with Crippen molar-refractivity contribution in [3.05, 3.63) is 53.3 Å². The van der Waals surface area contributed by atoms with Crippen molar-refractivity contribution >= 4 is 11.6 Å². The van der Waals surface area contributed by atoms with Crippen LogP contribution in [0.4, 0.5) is 8.78 Å². The number of pyridine rings is 1. The third-order valence-electron chi connectivity index (χ3n) is 1.82. The van der Waals surface area contributed by atoms with E-state index in [1.165, 1.54) is 18.3 Å². The Labute approximate surface area is 95.5 Å². The number of nitrogens with zero attached hydrogens (tertiary/aromatic N) is 1. The molecular weight excluding hydrogens is 236 g/mol. The van der Waals surface area contributed by atoms with Gasteiger partial charge in [-0.05, 0) is 18.2 Å². The zero-order valence-corrected chi connectivity index (χ0v) is 8.71. The van der Waals surface area contributed by atoms with Crippen molar-refractivity contribution in [1.82, 2.24) is 4.98 Å². The molecule has 0 amide bonds. The maximum atomic E-state index is 12.9. The number of hydrogen-bond acceptors (Lipinski definition) is 2. The highest BCUT2D eigenvalue weighted by atomic mass is 35.5. The summed E-state index contributed by atoms with van der Waals surface area (Å²) in [4.78, 5) is 3.76. The fraction of sp³-hybridized carbons (Fsp3) is 0. The fourth-order valence-corrected chi connectivity index (χ4v) is 1.29. The average Bonchev–Trinajstić information content (AvgIpc) is 2.24. The van der Waals surface area contributed by atoms with Gasteiger partial charge in [0.1, 0.15) is 16.7 Å². The Hall–Kier alpha value is -1.68. The van der Waals surface area contributed by atoms with E-state index in [9.17, 15) is 8.78 Å². The second-order valence-electron chi connectivity index (χ2n) is 2.99. The molecular formula is C11H6ClF2NO. The molecule has 0 saturated carbocycles. The van der Waals surface area contributed by atoms with Gasteiger partial charge < -0.3 is 4.74 Å². The number of halogens is 3. The normalized spacial score (nSPS) is 10.2. The molecule has 0 aliphatic heterocycles. The number of rotatable bonds is 2. The first-order chi connectivity index (χ1) is 7.65. The highest BCUT2D eigenvalue weighted by Crippen LogP contribution is 2.24. The van der Waals surface area contributed by atoms with E-state index in [0.29, 0.717) is 5.75 Å². The Balaban J connectivity index is 2.24. The van der Waals surface area contributed by atoms with Crippen LogP contribution >= 0.6 is 11.6 Å². The zero-order chi connectivity index (χ0) is 11.5. The largest absolute Gasteiger partial charge is 0.457 e. The van der Waals surface area contributed by atoms with Crippen molar-refractivity contribution in [2.45, 2.75) is 0 Å². The summed E-state index contributed by atoms with van der Waals surface area (Å²) in [6.45, 7) is 0. The molecule has 2 aromatic rings. The van der Waals surface area contributed by atoms with Crippen molar-refractivity contribution in [3.8, 4) is 11.5 Å². The molecule has 0 spiro atoms. The number of aromatic nitrogens is 1. The lowest BCUT2D eigenvalue weighted by Crippen LogP contribution is -1.88. The summed E-state index contributed by atoms with van der Waals surface area (Å²) in [6, 6.07) is 6.32. The summed E-state index contributed by atoms with van der Waals surface area (Å²) < 4.78 is 30.8. The fourth-order valence-electron chi connectivity index (χ4n) is 1.12. The predicted molar refractivity (Wildman–Crippen MR) is 55.7 cm³/mol. The van der Waals surface area contributed by atoms with Gasteiger partial charge in [-0.1, -0.05) is 11.6 Å². The van der Waals surface area contributed by atoms with E-state index < -0.39 is 11.6 Å². The molecule has 2 rings (SSSR count). The number of hydrogen-bond donors (Lipinski definition) is 0. The number of benzene rings is 1. The van der Waals surface area contributed by atoms with Gasteiger partial charge in [0, 0.05) is 18.3 Å². The van der Waals surface area contributed by atoms with Crippen LogP contribution in [0.25, 0.3) is 0 Å². The molecule has 0 aliphatic carbocycles. The van der Waals surface area contributed by atoms with Crippen LogP contribution in [0.1, 0.15) is 0 Å². The van der Waals surface area contributed by atoms with Crippen molar-refractivity contribution in [3.63, 3.8) is 0 Å². The van der Waals surface area contributed by atoms with Gasteiger partial charge in [0.15, 0.2) is 11.6 Å². The molecule has 1 heterocycles. The molecule has 0 bridgehead atoms. The smallest absolute Gasteiger partial charge is 0.162 e. The molecule has 0 unspecified atom stereocenters. The summed E-state index contributed by atoms with van der Waals surface area (Å²) in [5.41, 5.74) is 0. The van der Waals surface area contributed by atoms with Crippen LogP contribution in [0, 0.1) is 11.6 Å². The van der Waals surface area contributed by atoms with Crippen molar-refractivity contribution in [2.75, 3.05) is 0 Å². The lowest BCUT2D eigenvalue weighted by molar-refractivity contribution is 0.461. The third kappa shape index (κ3) is 2.46. The molecule has 1 aromatic carbocycles. The Morgan fingerprint density at radius 1 is 1.00 bits per heavy atom. The Kier molecular flexibility index (Phi) is 3.01. The lowest BCUT2D eigenvalue weighted by atomic mass is 10.3. The maximum Gasteiger partial charge on any atom is 0.162 e. The first-order valence-corrected chi connectivity index (χ1v) is 4.77. The van der Waals surface area contributed by atoms with Crippen LogP contribution in [0.2, 0.25) is 5.15 Å². The highest BCUT2D eigenvalue weighted by Gasteiger charge is 2.04. The molecule has 0 N–H and O–H groups in total. The molecule has 0 radical (unpaired) electrons. The van der Waals surface area contributed by atoms with E-state index in [1.54, 1.807) is 6.07 Å². The van der Waals surface area contributed by atoms with E-state index in [4.69, 9.17) is 16.3 Å². The standard InChI is InChI=1S/C11H6ClF2NO/c12-11-6-8(3-4-15-11)16-7-1-2-9(13)10(14)5-7/h1-6H. The molecule has 16 heavy (non-hydrogen) atoms. The van der Waals surface area contributed by atoms with Crippen molar-refractivity contribution in [1.29, 1.82) is 0 Å². The Morgan fingerprint density at radius 2 is 1.75 bits per heavy atom. The molecule has 1 aromatic heterocycles. The van der Waals surface area contributed by atoms with Crippen LogP contribution in [0.15, 0.2) is 36.5 Å². The Bertz CT molecular complexity index is 519. The molecule has 0 saturated heterocycles. The minimum atomic E-state index is -0.961. The summed E-state index contributed by atoms with van der Waals surface area (Å²) in [5.74, 6) is -1.27. The molecule has 0 aliphatic rings. The predicted octanol–water partition coefficient (Wildman–Crippen LogP) is 3.81. The molecule has 0 fully saturated rings. The molecule has 0 atom stereocenters. The molecule has 82 valence electrons. The summed E-state index contributed by atoms with van der Waals surface area (Å²) in [7, 11) is 0. The van der Waals surface area contributed by atoms with Gasteiger partial charge in [0.25, 0.3) is 0 Å². The van der Waals surface area contributed by atoms with Gasteiger partial charge in [0.2, 0.25) is 0 Å². The van der Waals surface area contributed by atoms with Crippen LogP contribution < -0.4 is 4.74 Å². The van der Waals surface area contributed by atoms with E-state index in [2.05, 4.69) is 4.98 Å². The van der Waals surface area contributed by atoms with Crippen LogP contribution in [-0.4, -0.2) is 4.98 Å². The first-order valence-electron chi connectivity index (χ1n) is 4.39. The van der Waals surface area contributed by atoms with Gasteiger partial charge in [-0.2, -0.15) is 0 Å².